The molecule has 2 fully saturated rings. The van der Waals surface area contributed by atoms with Crippen molar-refractivity contribution >= 4 is 11.9 Å². The quantitative estimate of drug-likeness (QED) is 0.404. The molecule has 1 aromatic rings. The minimum absolute atomic E-state index is 0.294. The van der Waals surface area contributed by atoms with E-state index < -0.39 is 0 Å². The molecule has 0 aliphatic carbocycles. The van der Waals surface area contributed by atoms with E-state index in [9.17, 15) is 4.79 Å². The normalized spacial score (nSPS) is 23.3. The van der Waals surface area contributed by atoms with Crippen LogP contribution in [0.5, 0.6) is 0 Å². The van der Waals surface area contributed by atoms with Crippen LogP contribution in [0.3, 0.4) is 0 Å². The second kappa shape index (κ2) is 11.5. The zero-order valence-corrected chi connectivity index (χ0v) is 19.9. The predicted molar refractivity (Wildman–Crippen MR) is 125 cm³/mol. The summed E-state index contributed by atoms with van der Waals surface area (Å²) in [6, 6.07) is 0. The van der Waals surface area contributed by atoms with E-state index in [1.54, 1.807) is 0 Å². The molecule has 8 heteroatoms. The maximum atomic E-state index is 12.8. The topological polar surface area (TPSA) is 69.0 Å². The van der Waals surface area contributed by atoms with Crippen molar-refractivity contribution in [1.29, 1.82) is 0 Å². The minimum atomic E-state index is 0.294. The summed E-state index contributed by atoms with van der Waals surface area (Å²) in [6.07, 6.45) is 7.34. The molecule has 0 spiro atoms. The lowest BCUT2D eigenvalue weighted by Gasteiger charge is -2.39. The van der Waals surface area contributed by atoms with Gasteiger partial charge >= 0.3 is 0 Å². The molecule has 2 saturated heterocycles. The van der Waals surface area contributed by atoms with Crippen molar-refractivity contribution in [1.82, 2.24) is 29.6 Å². The average Bonchev–Trinajstić information content (AvgIpc) is 3.15. The second-order valence-electron chi connectivity index (χ2n) is 9.36. The Hall–Kier alpha value is -2.09. The van der Waals surface area contributed by atoms with Crippen molar-refractivity contribution in [2.75, 3.05) is 59.4 Å². The number of nitrogens with zero attached hydrogens (tertiary/aromatic N) is 6. The SMILES string of the molecule is CN=C(NCCCCn1ccnc1C)N1CCN(CC(=O)N2CC(C)CC(C)C2)CC1. The molecule has 2 aliphatic heterocycles. The van der Waals surface area contributed by atoms with Crippen LogP contribution in [0.4, 0.5) is 0 Å². The summed E-state index contributed by atoms with van der Waals surface area (Å²) < 4.78 is 2.19. The standard InChI is InChI=1S/C23H41N7O/c1-19-15-20(2)17-30(16-19)22(31)18-27-11-13-29(14-12-27)23(24-4)26-7-5-6-9-28-10-8-25-21(28)3/h8,10,19-20H,5-7,9,11-18H2,1-4H3,(H,24,26). The molecular formula is C23H41N7O. The number of aliphatic imine (C=N–C) groups is 1. The Morgan fingerprint density at radius 1 is 1.13 bits per heavy atom. The third kappa shape index (κ3) is 6.95. The van der Waals surface area contributed by atoms with Gasteiger partial charge in [-0.15, -0.1) is 0 Å². The number of hydrogen-bond acceptors (Lipinski definition) is 4. The van der Waals surface area contributed by atoms with Gasteiger partial charge in [0.2, 0.25) is 5.91 Å². The minimum Gasteiger partial charge on any atom is -0.356 e. The van der Waals surface area contributed by atoms with Crippen LogP contribution in [0.25, 0.3) is 0 Å². The number of guanidine groups is 1. The molecule has 2 aliphatic rings. The van der Waals surface area contributed by atoms with E-state index in [2.05, 4.69) is 48.4 Å². The highest BCUT2D eigenvalue weighted by Gasteiger charge is 2.27. The summed E-state index contributed by atoms with van der Waals surface area (Å²) in [7, 11) is 1.85. The number of piperidine rings is 1. The van der Waals surface area contributed by atoms with Gasteiger partial charge in [-0.25, -0.2) is 4.98 Å². The first-order valence-corrected chi connectivity index (χ1v) is 11.9. The number of aryl methyl sites for hydroxylation is 2. The highest BCUT2D eigenvalue weighted by Crippen LogP contribution is 2.21. The lowest BCUT2D eigenvalue weighted by Crippen LogP contribution is -2.55. The predicted octanol–water partition coefficient (Wildman–Crippen LogP) is 1.67. The molecular weight excluding hydrogens is 390 g/mol. The number of piperazine rings is 1. The Bertz CT molecular complexity index is 713. The van der Waals surface area contributed by atoms with Gasteiger partial charge in [-0.1, -0.05) is 13.8 Å². The molecule has 3 heterocycles. The van der Waals surface area contributed by atoms with Gasteiger partial charge in [0.25, 0.3) is 0 Å². The third-order valence-corrected chi connectivity index (χ3v) is 6.50. The van der Waals surface area contributed by atoms with Gasteiger partial charge < -0.3 is 19.7 Å². The van der Waals surface area contributed by atoms with Crippen LogP contribution in [0.2, 0.25) is 0 Å². The van der Waals surface area contributed by atoms with E-state index in [4.69, 9.17) is 0 Å². The van der Waals surface area contributed by atoms with Crippen LogP contribution in [-0.2, 0) is 11.3 Å². The number of rotatable bonds is 7. The number of carbonyl (C=O) groups is 1. The van der Waals surface area contributed by atoms with Crippen molar-refractivity contribution < 1.29 is 4.79 Å². The number of likely N-dealkylation sites (tertiary alicyclic amines) is 1. The van der Waals surface area contributed by atoms with E-state index in [0.29, 0.717) is 24.3 Å². The van der Waals surface area contributed by atoms with Crippen molar-refractivity contribution in [2.24, 2.45) is 16.8 Å². The summed E-state index contributed by atoms with van der Waals surface area (Å²) in [4.78, 5) is 28.2. The fraction of sp³-hybridized carbons (Fsp3) is 0.783. The number of nitrogens with one attached hydrogen (secondary N) is 1. The van der Waals surface area contributed by atoms with Crippen LogP contribution in [0, 0.1) is 18.8 Å². The lowest BCUT2D eigenvalue weighted by molar-refractivity contribution is -0.135. The third-order valence-electron chi connectivity index (χ3n) is 6.50. The van der Waals surface area contributed by atoms with Crippen molar-refractivity contribution in [3.8, 4) is 0 Å². The maximum absolute atomic E-state index is 12.8. The van der Waals surface area contributed by atoms with E-state index in [0.717, 1.165) is 77.0 Å². The molecule has 2 atom stereocenters. The molecule has 0 bridgehead atoms. The Morgan fingerprint density at radius 3 is 2.45 bits per heavy atom. The van der Waals surface area contributed by atoms with Gasteiger partial charge in [-0.3, -0.25) is 14.7 Å². The molecule has 2 unspecified atom stereocenters. The van der Waals surface area contributed by atoms with E-state index in [1.165, 1.54) is 6.42 Å². The van der Waals surface area contributed by atoms with Gasteiger partial charge in [-0.05, 0) is 38.0 Å². The molecule has 0 radical (unpaired) electrons. The number of aromatic nitrogens is 2. The monoisotopic (exact) mass is 431 g/mol. The maximum Gasteiger partial charge on any atom is 0.236 e. The first kappa shape index (κ1) is 23.6. The van der Waals surface area contributed by atoms with Crippen molar-refractivity contribution in [3.63, 3.8) is 0 Å². The van der Waals surface area contributed by atoms with Crippen LogP contribution >= 0.6 is 0 Å². The molecule has 0 aromatic carbocycles. The van der Waals surface area contributed by atoms with Gasteiger partial charge in [0, 0.05) is 71.8 Å². The highest BCUT2D eigenvalue weighted by atomic mass is 16.2. The van der Waals surface area contributed by atoms with Gasteiger partial charge in [0.15, 0.2) is 5.96 Å². The fourth-order valence-corrected chi connectivity index (χ4v) is 4.86. The molecule has 31 heavy (non-hydrogen) atoms. The van der Waals surface area contributed by atoms with E-state index >= 15 is 0 Å². The van der Waals surface area contributed by atoms with Crippen molar-refractivity contribution in [3.05, 3.63) is 18.2 Å². The summed E-state index contributed by atoms with van der Waals surface area (Å²) in [5, 5.41) is 3.51. The Balaban J connectivity index is 1.34. The first-order valence-electron chi connectivity index (χ1n) is 11.9. The zero-order valence-electron chi connectivity index (χ0n) is 19.9. The summed E-state index contributed by atoms with van der Waals surface area (Å²) in [5.74, 6) is 3.57. The van der Waals surface area contributed by atoms with Crippen LogP contribution in [0.1, 0.15) is 38.9 Å². The van der Waals surface area contributed by atoms with Crippen LogP contribution in [-0.4, -0.2) is 95.5 Å². The Morgan fingerprint density at radius 2 is 1.84 bits per heavy atom. The number of hydrogen-bond donors (Lipinski definition) is 1. The molecule has 3 rings (SSSR count). The fourth-order valence-electron chi connectivity index (χ4n) is 4.86. The summed E-state index contributed by atoms with van der Waals surface area (Å²) in [6.45, 7) is 14.5. The van der Waals surface area contributed by atoms with E-state index in [-0.39, 0.29) is 0 Å². The first-order chi connectivity index (χ1) is 15.0. The van der Waals surface area contributed by atoms with Gasteiger partial charge in [-0.2, -0.15) is 0 Å². The summed E-state index contributed by atoms with van der Waals surface area (Å²) in [5.41, 5.74) is 0. The second-order valence-corrected chi connectivity index (χ2v) is 9.36. The molecule has 1 aromatic heterocycles. The number of amides is 1. The highest BCUT2D eigenvalue weighted by molar-refractivity contribution is 5.80. The molecule has 0 saturated carbocycles. The number of imidazole rings is 1. The largest absolute Gasteiger partial charge is 0.356 e. The number of carbonyl (C=O) groups excluding carboxylic acids is 1. The lowest BCUT2D eigenvalue weighted by atomic mass is 9.92. The smallest absolute Gasteiger partial charge is 0.236 e. The van der Waals surface area contributed by atoms with Gasteiger partial charge in [0.05, 0.1) is 6.54 Å². The van der Waals surface area contributed by atoms with Crippen molar-refractivity contribution in [2.45, 2.75) is 46.6 Å². The molecule has 1 amide bonds. The molecule has 1 N–H and O–H groups in total. The number of unbranched alkanes of at least 4 members (excludes halogenated alkanes) is 1. The van der Waals surface area contributed by atoms with E-state index in [1.807, 2.05) is 26.4 Å². The Kier molecular flexibility index (Phi) is 8.75. The molecule has 8 nitrogen and oxygen atoms in total. The summed E-state index contributed by atoms with van der Waals surface area (Å²) >= 11 is 0. The van der Waals surface area contributed by atoms with Crippen LogP contribution < -0.4 is 5.32 Å². The zero-order chi connectivity index (χ0) is 22.2. The van der Waals surface area contributed by atoms with Gasteiger partial charge in [0.1, 0.15) is 5.82 Å². The average molecular weight is 432 g/mol. The molecule has 174 valence electrons. The van der Waals surface area contributed by atoms with Crippen LogP contribution in [0.15, 0.2) is 17.4 Å². The Labute approximate surface area is 187 Å².